The van der Waals surface area contributed by atoms with Crippen molar-refractivity contribution in [1.29, 1.82) is 0 Å². The van der Waals surface area contributed by atoms with Crippen molar-refractivity contribution in [3.05, 3.63) is 54.0 Å². The maximum Gasteiger partial charge on any atom is 0.230 e. The first-order valence-electron chi connectivity index (χ1n) is 6.74. The fourth-order valence-electron chi connectivity index (χ4n) is 1.74. The zero-order chi connectivity index (χ0) is 15.1. The third-order valence-electron chi connectivity index (χ3n) is 2.91. The summed E-state index contributed by atoms with van der Waals surface area (Å²) in [5.41, 5.74) is 0.712. The molecule has 0 saturated heterocycles. The largest absolute Gasteiger partial charge is 0.467 e. The minimum absolute atomic E-state index is 0.0508. The molecule has 0 saturated carbocycles. The summed E-state index contributed by atoms with van der Waals surface area (Å²) in [5, 5.41) is 2.79. The van der Waals surface area contributed by atoms with E-state index >= 15 is 0 Å². The Morgan fingerprint density at radius 3 is 2.57 bits per heavy atom. The number of ketones is 1. The van der Waals surface area contributed by atoms with Crippen molar-refractivity contribution in [2.75, 3.05) is 5.75 Å². The summed E-state index contributed by atoms with van der Waals surface area (Å²) < 4.78 is 5.14. The number of rotatable bonds is 7. The SMILES string of the molecule is CCC(=O)c1ccc(SCC(=O)NCc2ccco2)cc1. The predicted molar refractivity (Wildman–Crippen MR) is 82.3 cm³/mol. The molecule has 0 spiro atoms. The van der Waals surface area contributed by atoms with E-state index in [1.54, 1.807) is 24.5 Å². The van der Waals surface area contributed by atoms with E-state index in [1.807, 2.05) is 25.1 Å². The van der Waals surface area contributed by atoms with E-state index in [0.29, 0.717) is 24.3 Å². The zero-order valence-electron chi connectivity index (χ0n) is 11.8. The van der Waals surface area contributed by atoms with Gasteiger partial charge in [0.1, 0.15) is 5.76 Å². The Kier molecular flexibility index (Phi) is 5.63. The van der Waals surface area contributed by atoms with Gasteiger partial charge in [-0.15, -0.1) is 11.8 Å². The number of hydrogen-bond acceptors (Lipinski definition) is 4. The standard InChI is InChI=1S/C16H17NO3S/c1-2-15(18)12-5-7-14(8-6-12)21-11-16(19)17-10-13-4-3-9-20-13/h3-9H,2,10-11H2,1H3,(H,17,19). The highest BCUT2D eigenvalue weighted by atomic mass is 32.2. The number of benzene rings is 1. The van der Waals surface area contributed by atoms with E-state index in [0.717, 1.165) is 10.7 Å². The fraction of sp³-hybridized carbons (Fsp3) is 0.250. The van der Waals surface area contributed by atoms with Gasteiger partial charge in [0, 0.05) is 16.9 Å². The van der Waals surface area contributed by atoms with Crippen LogP contribution in [0.15, 0.2) is 52.0 Å². The lowest BCUT2D eigenvalue weighted by Gasteiger charge is -2.04. The average molecular weight is 303 g/mol. The van der Waals surface area contributed by atoms with Gasteiger partial charge in [0.2, 0.25) is 5.91 Å². The Morgan fingerprint density at radius 2 is 1.95 bits per heavy atom. The molecule has 0 unspecified atom stereocenters. The Morgan fingerprint density at radius 1 is 1.19 bits per heavy atom. The lowest BCUT2D eigenvalue weighted by molar-refractivity contribution is -0.118. The Bertz CT molecular complexity index is 590. The van der Waals surface area contributed by atoms with Gasteiger partial charge in [0.15, 0.2) is 5.78 Å². The third kappa shape index (κ3) is 4.79. The van der Waals surface area contributed by atoms with Crippen LogP contribution in [0.4, 0.5) is 0 Å². The maximum absolute atomic E-state index is 11.7. The molecule has 5 heteroatoms. The molecule has 0 radical (unpaired) electrons. The van der Waals surface area contributed by atoms with Crippen LogP contribution in [-0.2, 0) is 11.3 Å². The van der Waals surface area contributed by atoms with Crippen molar-refractivity contribution in [3.8, 4) is 0 Å². The third-order valence-corrected chi connectivity index (χ3v) is 3.92. The molecule has 1 N–H and O–H groups in total. The van der Waals surface area contributed by atoms with Crippen molar-refractivity contribution >= 4 is 23.5 Å². The maximum atomic E-state index is 11.7. The molecule has 1 heterocycles. The highest BCUT2D eigenvalue weighted by Crippen LogP contribution is 2.18. The number of furan rings is 1. The lowest BCUT2D eigenvalue weighted by atomic mass is 10.1. The molecule has 2 rings (SSSR count). The number of amides is 1. The molecular weight excluding hydrogens is 286 g/mol. The second kappa shape index (κ2) is 7.69. The quantitative estimate of drug-likeness (QED) is 0.630. The molecule has 110 valence electrons. The molecule has 21 heavy (non-hydrogen) atoms. The van der Waals surface area contributed by atoms with Crippen LogP contribution in [-0.4, -0.2) is 17.4 Å². The summed E-state index contributed by atoms with van der Waals surface area (Å²) in [7, 11) is 0. The first kappa shape index (κ1) is 15.4. The zero-order valence-corrected chi connectivity index (χ0v) is 12.6. The molecule has 1 aromatic carbocycles. The molecule has 0 aliphatic carbocycles. The van der Waals surface area contributed by atoms with E-state index in [1.165, 1.54) is 11.8 Å². The Labute approximate surface area is 127 Å². The van der Waals surface area contributed by atoms with Crippen LogP contribution in [0, 0.1) is 0 Å². The molecule has 4 nitrogen and oxygen atoms in total. The number of carbonyl (C=O) groups excluding carboxylic acids is 2. The highest BCUT2D eigenvalue weighted by Gasteiger charge is 2.06. The van der Waals surface area contributed by atoms with Crippen molar-refractivity contribution in [2.24, 2.45) is 0 Å². The van der Waals surface area contributed by atoms with E-state index < -0.39 is 0 Å². The Hall–Kier alpha value is -2.01. The molecule has 1 amide bonds. The number of Topliss-reactive ketones (excluding diaryl/α,β-unsaturated/α-hetero) is 1. The second-order valence-corrected chi connectivity index (χ2v) is 5.49. The first-order chi connectivity index (χ1) is 10.2. The Balaban J connectivity index is 1.77. The first-order valence-corrected chi connectivity index (χ1v) is 7.72. The van der Waals surface area contributed by atoms with Gasteiger partial charge in [-0.05, 0) is 24.3 Å². The van der Waals surface area contributed by atoms with Crippen LogP contribution >= 0.6 is 11.8 Å². The molecule has 0 bridgehead atoms. The molecule has 0 fully saturated rings. The number of hydrogen-bond donors (Lipinski definition) is 1. The highest BCUT2D eigenvalue weighted by molar-refractivity contribution is 8.00. The number of thioether (sulfide) groups is 1. The lowest BCUT2D eigenvalue weighted by Crippen LogP contribution is -2.24. The van der Waals surface area contributed by atoms with Crippen molar-refractivity contribution in [2.45, 2.75) is 24.8 Å². The van der Waals surface area contributed by atoms with E-state index in [9.17, 15) is 9.59 Å². The van der Waals surface area contributed by atoms with E-state index in [2.05, 4.69) is 5.32 Å². The van der Waals surface area contributed by atoms with Crippen molar-refractivity contribution in [1.82, 2.24) is 5.32 Å². The average Bonchev–Trinajstić information content (AvgIpc) is 3.04. The molecule has 0 aliphatic heterocycles. The van der Waals surface area contributed by atoms with Gasteiger partial charge in [-0.2, -0.15) is 0 Å². The van der Waals surface area contributed by atoms with Crippen LogP contribution < -0.4 is 5.32 Å². The van der Waals surface area contributed by atoms with Crippen LogP contribution in [0.2, 0.25) is 0 Å². The second-order valence-electron chi connectivity index (χ2n) is 4.45. The van der Waals surface area contributed by atoms with Gasteiger partial charge < -0.3 is 9.73 Å². The smallest absolute Gasteiger partial charge is 0.230 e. The van der Waals surface area contributed by atoms with Crippen molar-refractivity contribution in [3.63, 3.8) is 0 Å². The van der Waals surface area contributed by atoms with Gasteiger partial charge in [-0.25, -0.2) is 0 Å². The van der Waals surface area contributed by atoms with Crippen LogP contribution in [0.3, 0.4) is 0 Å². The van der Waals surface area contributed by atoms with Gasteiger partial charge in [0.25, 0.3) is 0 Å². The molecular formula is C16H17NO3S. The van der Waals surface area contributed by atoms with Gasteiger partial charge in [0.05, 0.1) is 18.6 Å². The van der Waals surface area contributed by atoms with Gasteiger partial charge >= 0.3 is 0 Å². The summed E-state index contributed by atoms with van der Waals surface area (Å²) >= 11 is 1.44. The van der Waals surface area contributed by atoms with Crippen LogP contribution in [0.25, 0.3) is 0 Å². The molecule has 0 aliphatic rings. The summed E-state index contributed by atoms with van der Waals surface area (Å²) in [6.45, 7) is 2.24. The predicted octanol–water partition coefficient (Wildman–Crippen LogP) is 3.28. The topological polar surface area (TPSA) is 59.3 Å². The van der Waals surface area contributed by atoms with E-state index in [-0.39, 0.29) is 11.7 Å². The summed E-state index contributed by atoms with van der Waals surface area (Å²) in [6.07, 6.45) is 2.08. The number of carbonyl (C=O) groups is 2. The summed E-state index contributed by atoms with van der Waals surface area (Å²) in [5.74, 6) is 1.14. The van der Waals surface area contributed by atoms with Crippen molar-refractivity contribution < 1.29 is 14.0 Å². The normalized spacial score (nSPS) is 10.3. The minimum Gasteiger partial charge on any atom is -0.467 e. The van der Waals surface area contributed by atoms with Gasteiger partial charge in [-0.3, -0.25) is 9.59 Å². The molecule has 2 aromatic rings. The monoisotopic (exact) mass is 303 g/mol. The fourth-order valence-corrected chi connectivity index (χ4v) is 2.47. The minimum atomic E-state index is -0.0508. The van der Waals surface area contributed by atoms with E-state index in [4.69, 9.17) is 4.42 Å². The molecule has 0 atom stereocenters. The summed E-state index contributed by atoms with van der Waals surface area (Å²) in [6, 6.07) is 10.9. The summed E-state index contributed by atoms with van der Waals surface area (Å²) in [4.78, 5) is 24.2. The van der Waals surface area contributed by atoms with Gasteiger partial charge in [-0.1, -0.05) is 19.1 Å². The number of nitrogens with one attached hydrogen (secondary N) is 1. The molecule has 1 aromatic heterocycles. The van der Waals surface area contributed by atoms with Crippen LogP contribution in [0.5, 0.6) is 0 Å². The van der Waals surface area contributed by atoms with Crippen LogP contribution in [0.1, 0.15) is 29.5 Å².